The van der Waals surface area contributed by atoms with Gasteiger partial charge in [0.05, 0.1) is 10.0 Å². The van der Waals surface area contributed by atoms with E-state index in [0.29, 0.717) is 15.8 Å². The van der Waals surface area contributed by atoms with Crippen LogP contribution in [0, 0.1) is 5.82 Å². The summed E-state index contributed by atoms with van der Waals surface area (Å²) in [6.07, 6.45) is 1.31. The molecule has 92 valence electrons. The van der Waals surface area contributed by atoms with E-state index in [1.807, 2.05) is 0 Å². The van der Waals surface area contributed by atoms with Crippen molar-refractivity contribution in [3.05, 3.63) is 52.4 Å². The molecule has 1 aromatic heterocycles. The first-order valence-electron chi connectivity index (χ1n) is 4.95. The number of nitrogens with zero attached hydrogens (tertiary/aromatic N) is 1. The van der Waals surface area contributed by atoms with Gasteiger partial charge in [0.1, 0.15) is 11.6 Å². The summed E-state index contributed by atoms with van der Waals surface area (Å²) in [5, 5.41) is 0. The smallest absolute Gasteiger partial charge is 0.250 e. The van der Waals surface area contributed by atoms with Crippen molar-refractivity contribution in [2.24, 2.45) is 5.73 Å². The Balaban J connectivity index is 2.21. The number of ether oxygens (including phenoxy) is 1. The van der Waals surface area contributed by atoms with Crippen LogP contribution in [-0.4, -0.2) is 10.9 Å². The molecule has 0 saturated heterocycles. The Kier molecular flexibility index (Phi) is 3.57. The number of aromatic nitrogens is 1. The lowest BCUT2D eigenvalue weighted by atomic mass is 10.3. The van der Waals surface area contributed by atoms with Crippen LogP contribution in [-0.2, 0) is 0 Å². The zero-order chi connectivity index (χ0) is 13.1. The van der Waals surface area contributed by atoms with E-state index in [-0.39, 0.29) is 11.7 Å². The second kappa shape index (κ2) is 5.14. The lowest BCUT2D eigenvalue weighted by Gasteiger charge is -2.06. The molecule has 2 N–H and O–H groups in total. The van der Waals surface area contributed by atoms with E-state index in [9.17, 15) is 9.18 Å². The van der Waals surface area contributed by atoms with Crippen molar-refractivity contribution in [3.63, 3.8) is 0 Å². The fourth-order valence-electron chi connectivity index (χ4n) is 1.26. The van der Waals surface area contributed by atoms with Crippen LogP contribution in [0.25, 0.3) is 0 Å². The molecule has 0 radical (unpaired) electrons. The highest BCUT2D eigenvalue weighted by atomic mass is 79.9. The van der Waals surface area contributed by atoms with E-state index < -0.39 is 5.91 Å². The average Bonchev–Trinajstić information content (AvgIpc) is 2.33. The summed E-state index contributed by atoms with van der Waals surface area (Å²) in [5.74, 6) is -0.216. The van der Waals surface area contributed by atoms with Crippen LogP contribution in [0.2, 0.25) is 0 Å². The molecule has 2 aromatic rings. The highest BCUT2D eigenvalue weighted by molar-refractivity contribution is 9.10. The van der Waals surface area contributed by atoms with Gasteiger partial charge in [0.25, 0.3) is 0 Å². The summed E-state index contributed by atoms with van der Waals surface area (Å²) in [7, 11) is 0. The van der Waals surface area contributed by atoms with Gasteiger partial charge in [-0.3, -0.25) is 4.79 Å². The van der Waals surface area contributed by atoms with Crippen molar-refractivity contribution in [2.45, 2.75) is 0 Å². The lowest BCUT2D eigenvalue weighted by molar-refractivity contribution is 0.1000. The summed E-state index contributed by atoms with van der Waals surface area (Å²) < 4.78 is 18.8. The van der Waals surface area contributed by atoms with Crippen molar-refractivity contribution >= 4 is 21.8 Å². The molecule has 1 amide bonds. The molecular weight excluding hydrogens is 303 g/mol. The Bertz CT molecular complexity index is 587. The van der Waals surface area contributed by atoms with Gasteiger partial charge in [-0.05, 0) is 40.2 Å². The fourth-order valence-corrected chi connectivity index (χ4v) is 1.69. The highest BCUT2D eigenvalue weighted by Crippen LogP contribution is 2.29. The van der Waals surface area contributed by atoms with Crippen molar-refractivity contribution in [1.29, 1.82) is 0 Å². The maximum Gasteiger partial charge on any atom is 0.250 e. The molecule has 1 heterocycles. The molecule has 0 saturated carbocycles. The standard InChI is InChI=1S/C12H8BrFN2O2/c13-9-5-8(14)2-3-10(9)18-11-4-1-7(6-16-11)12(15)17/h1-6H,(H2,15,17). The van der Waals surface area contributed by atoms with Crippen LogP contribution in [0.4, 0.5) is 4.39 Å². The predicted molar refractivity (Wildman–Crippen MR) is 66.9 cm³/mol. The number of halogens is 2. The molecule has 0 fully saturated rings. The number of hydrogen-bond donors (Lipinski definition) is 1. The molecule has 1 aromatic carbocycles. The minimum absolute atomic E-state index is 0.285. The Morgan fingerprint density at radius 3 is 2.67 bits per heavy atom. The zero-order valence-electron chi connectivity index (χ0n) is 9.06. The summed E-state index contributed by atoms with van der Waals surface area (Å²) >= 11 is 3.18. The van der Waals surface area contributed by atoms with Gasteiger partial charge >= 0.3 is 0 Å². The average molecular weight is 311 g/mol. The summed E-state index contributed by atoms with van der Waals surface area (Å²) in [6, 6.07) is 7.05. The van der Waals surface area contributed by atoms with Crippen LogP contribution in [0.3, 0.4) is 0 Å². The third-order valence-electron chi connectivity index (χ3n) is 2.13. The van der Waals surface area contributed by atoms with Gasteiger partial charge in [-0.1, -0.05) is 0 Å². The van der Waals surface area contributed by atoms with Crippen LogP contribution >= 0.6 is 15.9 Å². The first kappa shape index (κ1) is 12.5. The number of primary amides is 1. The van der Waals surface area contributed by atoms with Gasteiger partial charge in [-0.2, -0.15) is 0 Å². The lowest BCUT2D eigenvalue weighted by Crippen LogP contribution is -2.10. The number of carbonyl (C=O) groups is 1. The Morgan fingerprint density at radius 1 is 1.33 bits per heavy atom. The number of pyridine rings is 1. The molecule has 0 bridgehead atoms. The van der Waals surface area contributed by atoms with E-state index >= 15 is 0 Å². The van der Waals surface area contributed by atoms with Crippen molar-refractivity contribution in [1.82, 2.24) is 4.98 Å². The molecule has 4 nitrogen and oxygen atoms in total. The Labute approximate surface area is 111 Å². The molecule has 0 spiro atoms. The Morgan fingerprint density at radius 2 is 2.11 bits per heavy atom. The fraction of sp³-hybridized carbons (Fsp3) is 0. The molecule has 0 atom stereocenters. The van der Waals surface area contributed by atoms with E-state index in [0.717, 1.165) is 0 Å². The van der Waals surface area contributed by atoms with Gasteiger partial charge in [0, 0.05) is 12.3 Å². The maximum absolute atomic E-state index is 12.9. The maximum atomic E-state index is 12.9. The largest absolute Gasteiger partial charge is 0.438 e. The number of rotatable bonds is 3. The second-order valence-corrected chi connectivity index (χ2v) is 4.28. The van der Waals surface area contributed by atoms with Crippen LogP contribution < -0.4 is 10.5 Å². The van der Waals surface area contributed by atoms with Crippen LogP contribution in [0.5, 0.6) is 11.6 Å². The van der Waals surface area contributed by atoms with Crippen LogP contribution in [0.1, 0.15) is 10.4 Å². The molecule has 6 heteroatoms. The number of amides is 1. The molecule has 0 aliphatic carbocycles. The molecule has 0 unspecified atom stereocenters. The monoisotopic (exact) mass is 310 g/mol. The van der Waals surface area contributed by atoms with Gasteiger partial charge < -0.3 is 10.5 Å². The molecule has 2 rings (SSSR count). The van der Waals surface area contributed by atoms with Crippen molar-refractivity contribution in [3.8, 4) is 11.6 Å². The van der Waals surface area contributed by atoms with Gasteiger partial charge in [0.15, 0.2) is 0 Å². The molecular formula is C12H8BrFN2O2. The minimum atomic E-state index is -0.558. The zero-order valence-corrected chi connectivity index (χ0v) is 10.6. The van der Waals surface area contributed by atoms with Crippen LogP contribution in [0.15, 0.2) is 41.0 Å². The van der Waals surface area contributed by atoms with E-state index in [1.165, 1.54) is 36.5 Å². The third kappa shape index (κ3) is 2.84. The highest BCUT2D eigenvalue weighted by Gasteiger charge is 2.06. The SMILES string of the molecule is NC(=O)c1ccc(Oc2ccc(F)cc2Br)nc1. The topological polar surface area (TPSA) is 65.2 Å². The second-order valence-electron chi connectivity index (χ2n) is 3.43. The number of nitrogens with two attached hydrogens (primary N) is 1. The molecule has 0 aliphatic heterocycles. The van der Waals surface area contributed by atoms with E-state index in [4.69, 9.17) is 10.5 Å². The summed E-state index contributed by atoms with van der Waals surface area (Å²) in [4.78, 5) is 14.8. The quantitative estimate of drug-likeness (QED) is 0.948. The van der Waals surface area contributed by atoms with Gasteiger partial charge in [-0.25, -0.2) is 9.37 Å². The third-order valence-corrected chi connectivity index (χ3v) is 2.75. The van der Waals surface area contributed by atoms with Gasteiger partial charge in [-0.15, -0.1) is 0 Å². The van der Waals surface area contributed by atoms with E-state index in [2.05, 4.69) is 20.9 Å². The van der Waals surface area contributed by atoms with E-state index in [1.54, 1.807) is 0 Å². The number of hydrogen-bond acceptors (Lipinski definition) is 3. The Hall–Kier alpha value is -1.95. The first-order chi connectivity index (χ1) is 8.56. The molecule has 18 heavy (non-hydrogen) atoms. The number of carbonyl (C=O) groups excluding carboxylic acids is 1. The predicted octanol–water partition coefficient (Wildman–Crippen LogP) is 2.87. The molecule has 0 aliphatic rings. The van der Waals surface area contributed by atoms with Crippen molar-refractivity contribution < 1.29 is 13.9 Å². The first-order valence-corrected chi connectivity index (χ1v) is 5.74. The normalized spacial score (nSPS) is 10.1. The number of benzene rings is 1. The van der Waals surface area contributed by atoms with Gasteiger partial charge in [0.2, 0.25) is 11.8 Å². The summed E-state index contributed by atoms with van der Waals surface area (Å²) in [5.41, 5.74) is 5.38. The summed E-state index contributed by atoms with van der Waals surface area (Å²) in [6.45, 7) is 0. The minimum Gasteiger partial charge on any atom is -0.438 e. The van der Waals surface area contributed by atoms with Crippen molar-refractivity contribution in [2.75, 3.05) is 0 Å².